The SMILES string of the molecule is C[CH2][Al]([O]c1c(F)cccc1F)[O]c1c(F)cccc1F. The van der Waals surface area contributed by atoms with E-state index in [1.807, 2.05) is 0 Å². The van der Waals surface area contributed by atoms with Crippen LogP contribution in [0.15, 0.2) is 36.4 Å². The van der Waals surface area contributed by atoms with Crippen molar-refractivity contribution < 1.29 is 25.1 Å². The van der Waals surface area contributed by atoms with E-state index in [4.69, 9.17) is 7.58 Å². The molecule has 110 valence electrons. The van der Waals surface area contributed by atoms with Crippen LogP contribution in [0.5, 0.6) is 11.5 Å². The minimum absolute atomic E-state index is 0.265. The third-order valence-corrected chi connectivity index (χ3v) is 4.33. The lowest BCUT2D eigenvalue weighted by Gasteiger charge is -2.17. The molecule has 2 rings (SSSR count). The molecule has 0 aliphatic carbocycles. The van der Waals surface area contributed by atoms with Gasteiger partial charge in [0.25, 0.3) is 0 Å². The number of benzene rings is 2. The highest BCUT2D eigenvalue weighted by atomic mass is 27.2. The Bertz CT molecular complexity index is 542. The Morgan fingerprint density at radius 1 is 0.762 bits per heavy atom. The van der Waals surface area contributed by atoms with Gasteiger partial charge in [0.1, 0.15) is 0 Å². The molecule has 0 bridgehead atoms. The summed E-state index contributed by atoms with van der Waals surface area (Å²) in [5, 5.41) is 0.265. The zero-order chi connectivity index (χ0) is 15.4. The monoisotopic (exact) mass is 314 g/mol. The van der Waals surface area contributed by atoms with E-state index in [-0.39, 0.29) is 5.28 Å². The molecule has 0 atom stereocenters. The first-order chi connectivity index (χ1) is 10.0. The molecule has 2 aromatic rings. The summed E-state index contributed by atoms with van der Waals surface area (Å²) in [6, 6.07) is 6.51. The number of hydrogen-bond donors (Lipinski definition) is 0. The molecule has 0 heterocycles. The predicted molar refractivity (Wildman–Crippen MR) is 70.2 cm³/mol. The van der Waals surface area contributed by atoms with Crippen LogP contribution < -0.4 is 7.58 Å². The smallest absolute Gasteiger partial charge is 0.608 e. The van der Waals surface area contributed by atoms with Crippen LogP contribution >= 0.6 is 0 Å². The first-order valence-electron chi connectivity index (χ1n) is 6.24. The van der Waals surface area contributed by atoms with E-state index in [0.717, 1.165) is 24.3 Å². The van der Waals surface area contributed by atoms with Gasteiger partial charge in [0, 0.05) is 0 Å². The number of hydrogen-bond acceptors (Lipinski definition) is 2. The standard InChI is InChI=1S/2C6H4F2O.C2H5.Al/c2*7-4-2-1-3-5(8)6(4)9;1-2;/h2*1-3,9H;1H2,2H3;/q;;;+2/p-2. The molecule has 0 saturated heterocycles. The van der Waals surface area contributed by atoms with Gasteiger partial charge in [0.2, 0.25) is 0 Å². The average molecular weight is 314 g/mol. The van der Waals surface area contributed by atoms with E-state index in [1.165, 1.54) is 12.1 Å². The van der Waals surface area contributed by atoms with Crippen LogP contribution in [0.1, 0.15) is 6.92 Å². The molecular formula is C14H11AlF4O2. The summed E-state index contributed by atoms with van der Waals surface area (Å²) >= 11 is -2.74. The molecule has 7 heteroatoms. The highest BCUT2D eigenvalue weighted by Gasteiger charge is 2.33. The van der Waals surface area contributed by atoms with Gasteiger partial charge in [-0.15, -0.1) is 0 Å². The molecule has 0 aliphatic rings. The van der Waals surface area contributed by atoms with E-state index < -0.39 is 49.6 Å². The summed E-state index contributed by atoms with van der Waals surface area (Å²) in [6.07, 6.45) is 0. The number of rotatable bonds is 5. The van der Waals surface area contributed by atoms with E-state index >= 15 is 0 Å². The van der Waals surface area contributed by atoms with Gasteiger partial charge in [-0.1, -0.05) is 19.1 Å². The first-order valence-corrected chi connectivity index (χ1v) is 8.00. The summed E-state index contributed by atoms with van der Waals surface area (Å²) in [6.45, 7) is 1.65. The Morgan fingerprint density at radius 3 is 1.38 bits per heavy atom. The Balaban J connectivity index is 2.21. The summed E-state index contributed by atoms with van der Waals surface area (Å²) in [4.78, 5) is 0. The maximum absolute atomic E-state index is 13.5. The van der Waals surface area contributed by atoms with Crippen molar-refractivity contribution in [2.45, 2.75) is 12.2 Å². The highest BCUT2D eigenvalue weighted by Crippen LogP contribution is 2.25. The highest BCUT2D eigenvalue weighted by molar-refractivity contribution is 6.46. The lowest BCUT2D eigenvalue weighted by Crippen LogP contribution is -2.30. The first kappa shape index (κ1) is 15.7. The van der Waals surface area contributed by atoms with Gasteiger partial charge in [-0.05, 0) is 29.5 Å². The van der Waals surface area contributed by atoms with Crippen LogP contribution in [0.4, 0.5) is 17.6 Å². The van der Waals surface area contributed by atoms with E-state index in [9.17, 15) is 17.6 Å². The van der Waals surface area contributed by atoms with E-state index in [1.54, 1.807) is 6.92 Å². The van der Waals surface area contributed by atoms with Gasteiger partial charge in [0.15, 0.2) is 34.8 Å². The number of para-hydroxylation sites is 2. The van der Waals surface area contributed by atoms with Crippen LogP contribution in [-0.2, 0) is 0 Å². The fourth-order valence-corrected chi connectivity index (χ4v) is 3.00. The summed E-state index contributed by atoms with van der Waals surface area (Å²) < 4.78 is 64.3. The van der Waals surface area contributed by atoms with Gasteiger partial charge in [-0.25, -0.2) is 17.6 Å². The van der Waals surface area contributed by atoms with Crippen molar-refractivity contribution in [2.24, 2.45) is 0 Å². The molecule has 0 saturated carbocycles. The van der Waals surface area contributed by atoms with Crippen molar-refractivity contribution in [3.63, 3.8) is 0 Å². The second-order valence-electron chi connectivity index (χ2n) is 4.18. The molecule has 2 nitrogen and oxygen atoms in total. The second-order valence-corrected chi connectivity index (χ2v) is 6.32. The lowest BCUT2D eigenvalue weighted by atomic mass is 10.3. The summed E-state index contributed by atoms with van der Waals surface area (Å²) in [7, 11) is 0. The molecule has 0 radical (unpaired) electrons. The van der Waals surface area contributed by atoms with Gasteiger partial charge >= 0.3 is 14.8 Å². The quantitative estimate of drug-likeness (QED) is 0.608. The molecule has 21 heavy (non-hydrogen) atoms. The average Bonchev–Trinajstić information content (AvgIpc) is 2.45. The second kappa shape index (κ2) is 6.83. The largest absolute Gasteiger partial charge is 0.856 e. The van der Waals surface area contributed by atoms with Crippen molar-refractivity contribution in [2.75, 3.05) is 0 Å². The van der Waals surface area contributed by atoms with Gasteiger partial charge in [-0.3, -0.25) is 0 Å². The fraction of sp³-hybridized carbons (Fsp3) is 0.143. The molecule has 0 fully saturated rings. The van der Waals surface area contributed by atoms with Crippen molar-refractivity contribution in [3.8, 4) is 11.5 Å². The molecule has 0 aromatic heterocycles. The maximum Gasteiger partial charge on any atom is 0.856 e. The van der Waals surface area contributed by atoms with Crippen LogP contribution in [0.3, 0.4) is 0 Å². The third-order valence-electron chi connectivity index (χ3n) is 2.67. The van der Waals surface area contributed by atoms with Crippen LogP contribution in [0, 0.1) is 23.3 Å². The van der Waals surface area contributed by atoms with E-state index in [0.29, 0.717) is 0 Å². The summed E-state index contributed by atoms with van der Waals surface area (Å²) in [5.74, 6) is -4.74. The maximum atomic E-state index is 13.5. The summed E-state index contributed by atoms with van der Waals surface area (Å²) in [5.41, 5.74) is 0. The van der Waals surface area contributed by atoms with Crippen molar-refractivity contribution >= 4 is 14.8 Å². The Morgan fingerprint density at radius 2 is 1.10 bits per heavy atom. The zero-order valence-electron chi connectivity index (χ0n) is 11.1. The lowest BCUT2D eigenvalue weighted by molar-refractivity contribution is 0.363. The molecule has 0 unspecified atom stereocenters. The molecule has 0 aliphatic heterocycles. The molecule has 0 N–H and O–H groups in total. The Kier molecular flexibility index (Phi) is 5.10. The van der Waals surface area contributed by atoms with Crippen molar-refractivity contribution in [1.29, 1.82) is 0 Å². The predicted octanol–water partition coefficient (Wildman–Crippen LogP) is 4.21. The Hall–Kier alpha value is -1.71. The third kappa shape index (κ3) is 3.69. The Labute approximate surface area is 124 Å². The molecule has 0 amide bonds. The molecule has 0 spiro atoms. The van der Waals surface area contributed by atoms with Crippen molar-refractivity contribution in [1.82, 2.24) is 0 Å². The molecular weight excluding hydrogens is 303 g/mol. The van der Waals surface area contributed by atoms with Gasteiger partial charge < -0.3 is 7.58 Å². The van der Waals surface area contributed by atoms with E-state index in [2.05, 4.69) is 0 Å². The zero-order valence-corrected chi connectivity index (χ0v) is 12.2. The minimum atomic E-state index is -2.74. The number of halogens is 4. The van der Waals surface area contributed by atoms with Crippen LogP contribution in [0.2, 0.25) is 5.28 Å². The van der Waals surface area contributed by atoms with Crippen LogP contribution in [-0.4, -0.2) is 14.8 Å². The minimum Gasteiger partial charge on any atom is -0.608 e. The molecule has 2 aromatic carbocycles. The van der Waals surface area contributed by atoms with Crippen molar-refractivity contribution in [3.05, 3.63) is 59.7 Å². The van der Waals surface area contributed by atoms with Gasteiger partial charge in [-0.2, -0.15) is 0 Å². The van der Waals surface area contributed by atoms with Gasteiger partial charge in [0.05, 0.1) is 0 Å². The topological polar surface area (TPSA) is 18.5 Å². The normalized spacial score (nSPS) is 10.3. The van der Waals surface area contributed by atoms with Crippen LogP contribution in [0.25, 0.3) is 0 Å². The fourth-order valence-electron chi connectivity index (χ4n) is 1.64.